The van der Waals surface area contributed by atoms with Gasteiger partial charge in [0.15, 0.2) is 0 Å². The van der Waals surface area contributed by atoms with Gasteiger partial charge in [-0.05, 0) is 36.1 Å². The van der Waals surface area contributed by atoms with Crippen LogP contribution in [0.1, 0.15) is 6.92 Å². The molecule has 1 aromatic heterocycles. The Kier molecular flexibility index (Phi) is 5.02. The summed E-state index contributed by atoms with van der Waals surface area (Å²) in [5.41, 5.74) is 2.56. The van der Waals surface area contributed by atoms with Crippen LogP contribution in [0, 0.1) is 0 Å². The molecule has 2 aromatic carbocycles. The Morgan fingerprint density at radius 3 is 2.64 bits per heavy atom. The molecule has 130 valence electrons. The first kappa shape index (κ1) is 16.6. The Labute approximate surface area is 153 Å². The summed E-state index contributed by atoms with van der Waals surface area (Å²) in [5, 5.41) is 6.96. The molecular formula is C21H24N2OS. The lowest BCUT2D eigenvalue weighted by molar-refractivity contribution is 0.132. The highest BCUT2D eigenvalue weighted by atomic mass is 32.1. The molecule has 0 spiro atoms. The lowest BCUT2D eigenvalue weighted by Crippen LogP contribution is -2.49. The maximum atomic E-state index is 6.02. The molecule has 0 saturated carbocycles. The van der Waals surface area contributed by atoms with Crippen molar-refractivity contribution < 1.29 is 4.74 Å². The Morgan fingerprint density at radius 1 is 1.08 bits per heavy atom. The lowest BCUT2D eigenvalue weighted by atomic mass is 10.0. The zero-order valence-corrected chi connectivity index (χ0v) is 15.4. The Balaban J connectivity index is 1.41. The minimum absolute atomic E-state index is 0.447. The number of thiophene rings is 1. The number of ether oxygens (including phenoxy) is 1. The molecule has 25 heavy (non-hydrogen) atoms. The van der Waals surface area contributed by atoms with Crippen LogP contribution in [-0.4, -0.2) is 43.7 Å². The van der Waals surface area contributed by atoms with Crippen molar-refractivity contribution in [3.8, 4) is 16.9 Å². The molecule has 0 bridgehead atoms. The minimum atomic E-state index is 0.447. The molecule has 3 aromatic rings. The molecule has 0 radical (unpaired) electrons. The first-order valence-electron chi connectivity index (χ1n) is 8.95. The van der Waals surface area contributed by atoms with Gasteiger partial charge < -0.3 is 10.1 Å². The van der Waals surface area contributed by atoms with Crippen LogP contribution in [-0.2, 0) is 0 Å². The summed E-state index contributed by atoms with van der Waals surface area (Å²) < 4.78 is 7.36. The van der Waals surface area contributed by atoms with E-state index in [0.29, 0.717) is 6.04 Å². The van der Waals surface area contributed by atoms with Crippen molar-refractivity contribution in [2.75, 3.05) is 32.8 Å². The van der Waals surface area contributed by atoms with Crippen LogP contribution in [0.4, 0.5) is 0 Å². The monoisotopic (exact) mass is 352 g/mol. The average Bonchev–Trinajstić information content (AvgIpc) is 3.11. The van der Waals surface area contributed by atoms with E-state index in [1.54, 1.807) is 11.3 Å². The molecule has 1 fully saturated rings. The van der Waals surface area contributed by atoms with Gasteiger partial charge in [0.1, 0.15) is 12.4 Å². The van der Waals surface area contributed by atoms with Gasteiger partial charge in [0.05, 0.1) is 0 Å². The van der Waals surface area contributed by atoms with Crippen LogP contribution >= 0.6 is 11.3 Å². The first-order valence-corrected chi connectivity index (χ1v) is 9.83. The Bertz CT molecular complexity index is 821. The van der Waals surface area contributed by atoms with Crippen LogP contribution < -0.4 is 10.1 Å². The fourth-order valence-corrected chi connectivity index (χ4v) is 4.35. The van der Waals surface area contributed by atoms with Gasteiger partial charge in [0.2, 0.25) is 0 Å². The third kappa shape index (κ3) is 3.71. The number of piperazine rings is 1. The Morgan fingerprint density at radius 2 is 1.84 bits per heavy atom. The molecule has 1 N–H and O–H groups in total. The van der Waals surface area contributed by atoms with Crippen molar-refractivity contribution in [1.82, 2.24) is 10.2 Å². The smallest absolute Gasteiger partial charge is 0.119 e. The zero-order chi connectivity index (χ0) is 17.1. The topological polar surface area (TPSA) is 24.5 Å². The van der Waals surface area contributed by atoms with Crippen molar-refractivity contribution >= 4 is 21.4 Å². The van der Waals surface area contributed by atoms with Crippen molar-refractivity contribution in [1.29, 1.82) is 0 Å². The van der Waals surface area contributed by atoms with Gasteiger partial charge in [-0.3, -0.25) is 4.90 Å². The van der Waals surface area contributed by atoms with Gasteiger partial charge in [-0.25, -0.2) is 0 Å². The highest BCUT2D eigenvalue weighted by Crippen LogP contribution is 2.34. The fourth-order valence-electron chi connectivity index (χ4n) is 3.38. The van der Waals surface area contributed by atoms with Gasteiger partial charge in [-0.15, -0.1) is 11.3 Å². The molecular weight excluding hydrogens is 328 g/mol. The molecule has 4 heteroatoms. The maximum absolute atomic E-state index is 6.02. The van der Waals surface area contributed by atoms with E-state index in [0.717, 1.165) is 38.5 Å². The minimum Gasteiger partial charge on any atom is -0.492 e. The van der Waals surface area contributed by atoms with Crippen LogP contribution in [0.2, 0.25) is 0 Å². The van der Waals surface area contributed by atoms with E-state index >= 15 is 0 Å². The summed E-state index contributed by atoms with van der Waals surface area (Å²) in [4.78, 5) is 2.49. The second-order valence-electron chi connectivity index (χ2n) is 6.62. The van der Waals surface area contributed by atoms with Crippen LogP contribution in [0.5, 0.6) is 5.75 Å². The summed E-state index contributed by atoms with van der Waals surface area (Å²) in [7, 11) is 0. The molecule has 0 amide bonds. The van der Waals surface area contributed by atoms with Crippen LogP contribution in [0.25, 0.3) is 21.2 Å². The highest BCUT2D eigenvalue weighted by molar-refractivity contribution is 7.17. The summed E-state index contributed by atoms with van der Waals surface area (Å²) >= 11 is 1.80. The number of nitrogens with zero attached hydrogens (tertiary/aromatic N) is 1. The van der Waals surface area contributed by atoms with Gasteiger partial charge in [-0.2, -0.15) is 0 Å². The predicted octanol–water partition coefficient (Wildman–Crippen LogP) is 4.24. The van der Waals surface area contributed by atoms with Crippen molar-refractivity contribution in [2.45, 2.75) is 13.0 Å². The zero-order valence-electron chi connectivity index (χ0n) is 14.6. The first-order chi connectivity index (χ1) is 12.3. The number of hydrogen-bond acceptors (Lipinski definition) is 4. The van der Waals surface area contributed by atoms with E-state index in [9.17, 15) is 0 Å². The number of benzene rings is 2. The number of nitrogens with one attached hydrogen (secondary N) is 1. The van der Waals surface area contributed by atoms with E-state index in [4.69, 9.17) is 4.74 Å². The lowest BCUT2D eigenvalue weighted by Gasteiger charge is -2.32. The summed E-state index contributed by atoms with van der Waals surface area (Å²) in [6.45, 7) is 7.35. The predicted molar refractivity (Wildman–Crippen MR) is 107 cm³/mol. The molecule has 1 aliphatic heterocycles. The standard InChI is InChI=1S/C21H24N2OS/c1-16(23-12-10-22-11-13-23)14-24-18-8-6-17(7-9-18)20-15-25-21-5-3-2-4-19(20)21/h2-9,15-16,22H,10-14H2,1H3. The average molecular weight is 353 g/mol. The second-order valence-corrected chi connectivity index (χ2v) is 7.53. The molecule has 1 saturated heterocycles. The van der Waals surface area contributed by atoms with E-state index in [2.05, 4.69) is 71.1 Å². The van der Waals surface area contributed by atoms with Crippen LogP contribution in [0.3, 0.4) is 0 Å². The Hall–Kier alpha value is -1.88. The number of rotatable bonds is 5. The largest absolute Gasteiger partial charge is 0.492 e. The molecule has 3 nitrogen and oxygen atoms in total. The summed E-state index contributed by atoms with van der Waals surface area (Å²) in [6.07, 6.45) is 0. The van der Waals surface area contributed by atoms with Crippen molar-refractivity contribution in [2.24, 2.45) is 0 Å². The van der Waals surface area contributed by atoms with E-state index < -0.39 is 0 Å². The normalized spacial score (nSPS) is 16.8. The molecule has 0 aliphatic carbocycles. The molecule has 4 rings (SSSR count). The summed E-state index contributed by atoms with van der Waals surface area (Å²) in [5.74, 6) is 0.949. The van der Waals surface area contributed by atoms with E-state index in [-0.39, 0.29) is 0 Å². The number of hydrogen-bond donors (Lipinski definition) is 1. The molecule has 1 unspecified atom stereocenters. The fraction of sp³-hybridized carbons (Fsp3) is 0.333. The molecule has 1 atom stereocenters. The quantitative estimate of drug-likeness (QED) is 0.743. The SMILES string of the molecule is CC(COc1ccc(-c2csc3ccccc23)cc1)N1CCNCC1. The highest BCUT2D eigenvalue weighted by Gasteiger charge is 2.16. The van der Waals surface area contributed by atoms with Crippen LogP contribution in [0.15, 0.2) is 53.9 Å². The maximum Gasteiger partial charge on any atom is 0.119 e. The molecule has 2 heterocycles. The second kappa shape index (κ2) is 7.56. The van der Waals surface area contributed by atoms with Crippen molar-refractivity contribution in [3.63, 3.8) is 0 Å². The van der Waals surface area contributed by atoms with Gasteiger partial charge >= 0.3 is 0 Å². The number of fused-ring (bicyclic) bond motifs is 1. The third-order valence-corrected chi connectivity index (χ3v) is 5.88. The summed E-state index contributed by atoms with van der Waals surface area (Å²) in [6, 6.07) is 17.5. The third-order valence-electron chi connectivity index (χ3n) is 4.91. The van der Waals surface area contributed by atoms with E-state index in [1.165, 1.54) is 21.2 Å². The van der Waals surface area contributed by atoms with E-state index in [1.807, 2.05) is 0 Å². The van der Waals surface area contributed by atoms with Gasteiger partial charge in [-0.1, -0.05) is 30.3 Å². The van der Waals surface area contributed by atoms with Gasteiger partial charge in [0, 0.05) is 47.9 Å². The molecule has 1 aliphatic rings. The van der Waals surface area contributed by atoms with Crippen molar-refractivity contribution in [3.05, 3.63) is 53.9 Å². The van der Waals surface area contributed by atoms with Gasteiger partial charge in [0.25, 0.3) is 0 Å².